The fraction of sp³-hybridized carbons (Fsp3) is 0.286. The van der Waals surface area contributed by atoms with Gasteiger partial charge in [-0.15, -0.1) is 0 Å². The van der Waals surface area contributed by atoms with Crippen LogP contribution in [0.2, 0.25) is 0 Å². The number of hydrogen-bond donors (Lipinski definition) is 0. The Bertz CT molecular complexity index is 270. The Labute approximate surface area is 77.6 Å². The molecule has 1 aromatic heterocycles. The van der Waals surface area contributed by atoms with Crippen LogP contribution in [0.4, 0.5) is 4.39 Å². The zero-order valence-electron chi connectivity index (χ0n) is 6.38. The maximum absolute atomic E-state index is 12.8. The molecule has 0 N–H and O–H groups in total. The molecule has 0 aromatic carbocycles. The third-order valence-electron chi connectivity index (χ3n) is 1.11. The van der Waals surface area contributed by atoms with E-state index in [2.05, 4.69) is 25.7 Å². The van der Waals surface area contributed by atoms with Gasteiger partial charge in [0.2, 0.25) is 0 Å². The van der Waals surface area contributed by atoms with Crippen molar-refractivity contribution in [3.05, 3.63) is 22.7 Å². The highest BCUT2D eigenvalue weighted by Gasteiger charge is 2.01. The molecule has 0 aliphatic carbocycles. The van der Waals surface area contributed by atoms with Crippen molar-refractivity contribution in [2.24, 2.45) is 0 Å². The second kappa shape index (κ2) is 4.37. The largest absolute Gasteiger partial charge is 0.466 e. The van der Waals surface area contributed by atoms with Gasteiger partial charge in [-0.25, -0.2) is 9.37 Å². The number of halogens is 2. The second-order valence-corrected chi connectivity index (χ2v) is 2.75. The van der Waals surface area contributed by atoms with Crippen molar-refractivity contribution in [3.63, 3.8) is 0 Å². The summed E-state index contributed by atoms with van der Waals surface area (Å²) in [4.78, 5) is 3.69. The predicted molar refractivity (Wildman–Crippen MR) is 44.4 cm³/mol. The fourth-order valence-electron chi connectivity index (χ4n) is 0.610. The van der Waals surface area contributed by atoms with Crippen molar-refractivity contribution in [3.8, 4) is 5.75 Å². The third kappa shape index (κ3) is 2.42. The summed E-state index contributed by atoms with van der Waals surface area (Å²) in [5.74, 6) is -0.110. The molecule has 1 rings (SSSR count). The maximum atomic E-state index is 12.8. The molecule has 5 heteroatoms. The average Bonchev–Trinajstić information content (AvgIpc) is 2.07. The number of aromatic nitrogens is 1. The number of rotatable bonds is 3. The lowest BCUT2D eigenvalue weighted by molar-refractivity contribution is 0.0506. The molecule has 12 heavy (non-hydrogen) atoms. The highest BCUT2D eigenvalue weighted by Crippen LogP contribution is 2.17. The Morgan fingerprint density at radius 2 is 2.42 bits per heavy atom. The summed E-state index contributed by atoms with van der Waals surface area (Å²) in [6.07, 6.45) is 1.41. The van der Waals surface area contributed by atoms with E-state index in [1.165, 1.54) is 19.4 Å². The Kier molecular flexibility index (Phi) is 3.43. The molecule has 0 fully saturated rings. The molecule has 0 amide bonds. The van der Waals surface area contributed by atoms with E-state index in [1.54, 1.807) is 0 Å². The Morgan fingerprint density at radius 1 is 1.67 bits per heavy atom. The molecule has 0 radical (unpaired) electrons. The smallest absolute Gasteiger partial charge is 0.188 e. The van der Waals surface area contributed by atoms with Crippen molar-refractivity contribution in [2.75, 3.05) is 13.9 Å². The number of nitrogens with zero attached hydrogens (tertiary/aromatic N) is 1. The van der Waals surface area contributed by atoms with Crippen LogP contribution in [0.15, 0.2) is 16.9 Å². The van der Waals surface area contributed by atoms with Gasteiger partial charge >= 0.3 is 0 Å². The average molecular weight is 236 g/mol. The van der Waals surface area contributed by atoms with Gasteiger partial charge in [0.15, 0.2) is 12.6 Å². The van der Waals surface area contributed by atoms with Crippen LogP contribution < -0.4 is 4.74 Å². The minimum Gasteiger partial charge on any atom is -0.466 e. The lowest BCUT2D eigenvalue weighted by atomic mass is 10.4. The normalized spacial score (nSPS) is 9.92. The summed E-state index contributed by atoms with van der Waals surface area (Å²) in [6.45, 7) is 0.0861. The van der Waals surface area contributed by atoms with Gasteiger partial charge in [-0.3, -0.25) is 0 Å². The van der Waals surface area contributed by atoms with Crippen molar-refractivity contribution >= 4 is 15.9 Å². The molecular formula is C7H7BrFNO2. The lowest BCUT2D eigenvalue weighted by Crippen LogP contribution is -1.99. The summed E-state index contributed by atoms with van der Waals surface area (Å²) in [6, 6.07) is 1.23. The van der Waals surface area contributed by atoms with Crippen molar-refractivity contribution < 1.29 is 13.9 Å². The van der Waals surface area contributed by atoms with E-state index < -0.39 is 5.82 Å². The Balaban J connectivity index is 2.69. The fourth-order valence-corrected chi connectivity index (χ4v) is 0.826. The van der Waals surface area contributed by atoms with Gasteiger partial charge in [0.1, 0.15) is 10.4 Å². The number of hydrogen-bond acceptors (Lipinski definition) is 3. The topological polar surface area (TPSA) is 31.4 Å². The van der Waals surface area contributed by atoms with Gasteiger partial charge < -0.3 is 9.47 Å². The molecule has 0 aliphatic rings. The summed E-state index contributed by atoms with van der Waals surface area (Å²) in [5.41, 5.74) is 0. The molecule has 0 aliphatic heterocycles. The molecule has 0 unspecified atom stereocenters. The molecule has 1 heterocycles. The van der Waals surface area contributed by atoms with Crippen LogP contribution in [-0.2, 0) is 4.74 Å². The van der Waals surface area contributed by atoms with Crippen LogP contribution in [0, 0.1) is 5.82 Å². The second-order valence-electron chi connectivity index (χ2n) is 1.99. The highest BCUT2D eigenvalue weighted by molar-refractivity contribution is 9.10. The molecule has 1 aromatic rings. The number of ether oxygens (including phenoxy) is 2. The molecule has 0 saturated heterocycles. The first kappa shape index (κ1) is 9.41. The quantitative estimate of drug-likeness (QED) is 0.593. The van der Waals surface area contributed by atoms with Crippen molar-refractivity contribution in [1.29, 1.82) is 0 Å². The Hall–Kier alpha value is -0.680. The zero-order valence-corrected chi connectivity index (χ0v) is 7.97. The number of methoxy groups -OCH3 is 1. The molecule has 0 spiro atoms. The number of pyridine rings is 1. The highest BCUT2D eigenvalue weighted by atomic mass is 79.9. The molecule has 3 nitrogen and oxygen atoms in total. The molecule has 0 bridgehead atoms. The standard InChI is InChI=1S/C7H7BrFNO2/c1-11-4-12-5-2-6(9)7(8)10-3-5/h2-3H,4H2,1H3. The van der Waals surface area contributed by atoms with Crippen LogP contribution in [0.1, 0.15) is 0 Å². The Morgan fingerprint density at radius 3 is 3.00 bits per heavy atom. The van der Waals surface area contributed by atoms with Crippen LogP contribution in [0.3, 0.4) is 0 Å². The van der Waals surface area contributed by atoms with Crippen molar-refractivity contribution in [1.82, 2.24) is 4.98 Å². The van der Waals surface area contributed by atoms with E-state index in [9.17, 15) is 4.39 Å². The van der Waals surface area contributed by atoms with E-state index in [4.69, 9.17) is 4.74 Å². The van der Waals surface area contributed by atoms with Crippen LogP contribution in [0.5, 0.6) is 5.75 Å². The van der Waals surface area contributed by atoms with E-state index >= 15 is 0 Å². The van der Waals surface area contributed by atoms with Gasteiger partial charge in [-0.05, 0) is 15.9 Å². The van der Waals surface area contributed by atoms with E-state index in [0.29, 0.717) is 5.75 Å². The van der Waals surface area contributed by atoms with Gasteiger partial charge in [0.05, 0.1) is 6.20 Å². The minimum absolute atomic E-state index is 0.0861. The van der Waals surface area contributed by atoms with Crippen LogP contribution in [-0.4, -0.2) is 18.9 Å². The van der Waals surface area contributed by atoms with E-state index in [0.717, 1.165) is 0 Å². The molecule has 0 atom stereocenters. The summed E-state index contributed by atoms with van der Waals surface area (Å²) >= 11 is 2.92. The molecule has 66 valence electrons. The van der Waals surface area contributed by atoms with E-state index in [1.807, 2.05) is 0 Å². The van der Waals surface area contributed by atoms with Crippen molar-refractivity contribution in [2.45, 2.75) is 0 Å². The maximum Gasteiger partial charge on any atom is 0.188 e. The molecular weight excluding hydrogens is 229 g/mol. The SMILES string of the molecule is COCOc1cnc(Br)c(F)c1. The first-order valence-electron chi connectivity index (χ1n) is 3.17. The monoisotopic (exact) mass is 235 g/mol. The minimum atomic E-state index is -0.455. The lowest BCUT2D eigenvalue weighted by Gasteiger charge is -2.03. The molecule has 0 saturated carbocycles. The first-order chi connectivity index (χ1) is 5.74. The van der Waals surface area contributed by atoms with E-state index in [-0.39, 0.29) is 11.4 Å². The van der Waals surface area contributed by atoms with Gasteiger partial charge in [0, 0.05) is 13.2 Å². The van der Waals surface area contributed by atoms with Crippen LogP contribution in [0.25, 0.3) is 0 Å². The van der Waals surface area contributed by atoms with Gasteiger partial charge in [0.25, 0.3) is 0 Å². The van der Waals surface area contributed by atoms with Crippen LogP contribution >= 0.6 is 15.9 Å². The zero-order chi connectivity index (χ0) is 8.97. The predicted octanol–water partition coefficient (Wildman–Crippen LogP) is 1.97. The summed E-state index contributed by atoms with van der Waals surface area (Å²) in [5, 5.41) is 0. The van der Waals surface area contributed by atoms with Gasteiger partial charge in [-0.2, -0.15) is 0 Å². The van der Waals surface area contributed by atoms with Gasteiger partial charge in [-0.1, -0.05) is 0 Å². The summed E-state index contributed by atoms with van der Waals surface area (Å²) in [7, 11) is 1.49. The summed E-state index contributed by atoms with van der Waals surface area (Å²) < 4.78 is 22.5. The first-order valence-corrected chi connectivity index (χ1v) is 3.96. The third-order valence-corrected chi connectivity index (χ3v) is 1.70.